The summed E-state index contributed by atoms with van der Waals surface area (Å²) in [4.78, 5) is 0. The van der Waals surface area contributed by atoms with Crippen molar-refractivity contribution in [2.45, 2.75) is 133 Å². The Bertz CT molecular complexity index is 550. The van der Waals surface area contributed by atoms with E-state index in [4.69, 9.17) is 18.9 Å². The van der Waals surface area contributed by atoms with Gasteiger partial charge in [0.1, 0.15) is 48.8 Å². The lowest BCUT2D eigenvalue weighted by molar-refractivity contribution is -0.359. The first-order valence-corrected chi connectivity index (χ1v) is 13.1. The Morgan fingerprint density at radius 3 is 1.66 bits per heavy atom. The summed E-state index contributed by atoms with van der Waals surface area (Å²) >= 11 is 0. The Kier molecular flexibility index (Phi) is 14.4. The van der Waals surface area contributed by atoms with Crippen LogP contribution in [-0.4, -0.2) is 117 Å². The van der Waals surface area contributed by atoms with Crippen molar-refractivity contribution >= 4 is 0 Å². The number of hydrogen-bond donors (Lipinski definition) is 7. The van der Waals surface area contributed by atoms with E-state index in [-0.39, 0.29) is 0 Å². The number of hydrogen-bond acceptors (Lipinski definition) is 11. The highest BCUT2D eigenvalue weighted by atomic mass is 16.7. The lowest BCUT2D eigenvalue weighted by Gasteiger charge is -2.45. The molecule has 0 aliphatic carbocycles. The quantitative estimate of drug-likeness (QED) is 0.134. The van der Waals surface area contributed by atoms with Crippen LogP contribution in [0.4, 0.5) is 0 Å². The molecule has 7 N–H and O–H groups in total. The highest BCUT2D eigenvalue weighted by Crippen LogP contribution is 2.29. The van der Waals surface area contributed by atoms with Crippen LogP contribution in [0.3, 0.4) is 0 Å². The zero-order valence-corrected chi connectivity index (χ0v) is 20.7. The minimum Gasteiger partial charge on any atom is -0.394 e. The minimum atomic E-state index is -1.69. The highest BCUT2D eigenvalue weighted by Gasteiger charge is 2.50. The van der Waals surface area contributed by atoms with Gasteiger partial charge in [-0.3, -0.25) is 0 Å². The van der Waals surface area contributed by atoms with Crippen LogP contribution >= 0.6 is 0 Å². The summed E-state index contributed by atoms with van der Waals surface area (Å²) in [5, 5.41) is 70.1. The molecule has 2 aliphatic rings. The molecule has 11 nitrogen and oxygen atoms in total. The maximum absolute atomic E-state index is 10.6. The van der Waals surface area contributed by atoms with Crippen molar-refractivity contribution in [1.82, 2.24) is 0 Å². The summed E-state index contributed by atoms with van der Waals surface area (Å²) in [5.41, 5.74) is 0. The summed E-state index contributed by atoms with van der Waals surface area (Å²) in [6.07, 6.45) is -2.63. The van der Waals surface area contributed by atoms with E-state index >= 15 is 0 Å². The SMILES string of the molecule is CCCCCCCCCCCCOC1OC(CO)C(OC2OC(CO)C(O)C(O)C2O)[C@H](O)C1O. The zero-order valence-electron chi connectivity index (χ0n) is 20.7. The van der Waals surface area contributed by atoms with Gasteiger partial charge in [0.05, 0.1) is 13.2 Å². The Balaban J connectivity index is 1.74. The molecule has 0 saturated carbocycles. The molecule has 2 fully saturated rings. The molecule has 2 aliphatic heterocycles. The zero-order chi connectivity index (χ0) is 25.8. The van der Waals surface area contributed by atoms with E-state index in [0.717, 1.165) is 19.3 Å². The van der Waals surface area contributed by atoms with Crippen LogP contribution in [0, 0.1) is 0 Å². The van der Waals surface area contributed by atoms with E-state index in [9.17, 15) is 35.7 Å². The maximum atomic E-state index is 10.6. The van der Waals surface area contributed by atoms with Crippen molar-refractivity contribution in [3.05, 3.63) is 0 Å². The van der Waals surface area contributed by atoms with Crippen LogP contribution < -0.4 is 0 Å². The molecule has 0 aromatic heterocycles. The highest BCUT2D eigenvalue weighted by molar-refractivity contribution is 4.94. The molecular weight excluding hydrogens is 464 g/mol. The van der Waals surface area contributed by atoms with Crippen LogP contribution in [0.2, 0.25) is 0 Å². The first-order chi connectivity index (χ1) is 16.8. The molecule has 0 radical (unpaired) electrons. The summed E-state index contributed by atoms with van der Waals surface area (Å²) in [6, 6.07) is 0. The molecule has 11 heteroatoms. The van der Waals surface area contributed by atoms with Gasteiger partial charge < -0.3 is 54.7 Å². The van der Waals surface area contributed by atoms with Gasteiger partial charge in [-0.2, -0.15) is 0 Å². The molecule has 0 aromatic rings. The molecule has 10 atom stereocenters. The molecule has 0 aromatic carbocycles. The number of rotatable bonds is 16. The number of ether oxygens (including phenoxy) is 4. The first-order valence-electron chi connectivity index (χ1n) is 13.1. The van der Waals surface area contributed by atoms with Crippen LogP contribution in [0.25, 0.3) is 0 Å². The lowest BCUT2D eigenvalue weighted by atomic mass is 9.97. The molecule has 9 unspecified atom stereocenters. The van der Waals surface area contributed by atoms with Crippen LogP contribution in [-0.2, 0) is 18.9 Å². The molecule has 2 saturated heterocycles. The van der Waals surface area contributed by atoms with Gasteiger partial charge in [-0.25, -0.2) is 0 Å². The Morgan fingerprint density at radius 1 is 0.571 bits per heavy atom. The van der Waals surface area contributed by atoms with E-state index in [1.54, 1.807) is 0 Å². The average Bonchev–Trinajstić information content (AvgIpc) is 2.86. The normalized spacial score (nSPS) is 38.1. The van der Waals surface area contributed by atoms with Crippen molar-refractivity contribution < 1.29 is 54.7 Å². The predicted octanol–water partition coefficient (Wildman–Crippen LogP) is -0.452. The van der Waals surface area contributed by atoms with Crippen LogP contribution in [0.15, 0.2) is 0 Å². The van der Waals surface area contributed by atoms with Crippen LogP contribution in [0.1, 0.15) is 71.1 Å². The average molecular weight is 511 g/mol. The lowest BCUT2D eigenvalue weighted by Crippen LogP contribution is -2.64. The smallest absolute Gasteiger partial charge is 0.187 e. The predicted molar refractivity (Wildman–Crippen MR) is 124 cm³/mol. The molecular formula is C24H46O11. The number of aliphatic hydroxyl groups is 7. The summed E-state index contributed by atoms with van der Waals surface area (Å²) < 4.78 is 22.0. The second-order valence-corrected chi connectivity index (χ2v) is 9.56. The van der Waals surface area contributed by atoms with E-state index in [2.05, 4.69) is 6.92 Å². The van der Waals surface area contributed by atoms with Crippen molar-refractivity contribution in [1.29, 1.82) is 0 Å². The molecule has 0 amide bonds. The van der Waals surface area contributed by atoms with E-state index in [1.165, 1.54) is 44.9 Å². The second-order valence-electron chi connectivity index (χ2n) is 9.56. The van der Waals surface area contributed by atoms with Crippen LogP contribution in [0.5, 0.6) is 0 Å². The molecule has 0 spiro atoms. The van der Waals surface area contributed by atoms with E-state index < -0.39 is 74.6 Å². The first kappa shape index (κ1) is 30.8. The third-order valence-electron chi connectivity index (χ3n) is 6.74. The fourth-order valence-electron chi connectivity index (χ4n) is 4.48. The molecule has 208 valence electrons. The third-order valence-corrected chi connectivity index (χ3v) is 6.74. The van der Waals surface area contributed by atoms with Crippen molar-refractivity contribution in [3.63, 3.8) is 0 Å². The second kappa shape index (κ2) is 16.4. The fraction of sp³-hybridized carbons (Fsp3) is 1.00. The molecule has 2 heterocycles. The van der Waals surface area contributed by atoms with Crippen molar-refractivity contribution in [3.8, 4) is 0 Å². The Hall–Kier alpha value is -0.440. The van der Waals surface area contributed by atoms with Gasteiger partial charge in [0.15, 0.2) is 12.6 Å². The Labute approximate surface area is 207 Å². The van der Waals surface area contributed by atoms with Gasteiger partial charge in [0, 0.05) is 6.61 Å². The largest absolute Gasteiger partial charge is 0.394 e. The Morgan fingerprint density at radius 2 is 1.09 bits per heavy atom. The third kappa shape index (κ3) is 9.11. The van der Waals surface area contributed by atoms with Gasteiger partial charge in [0.25, 0.3) is 0 Å². The van der Waals surface area contributed by atoms with Gasteiger partial charge in [-0.05, 0) is 6.42 Å². The maximum Gasteiger partial charge on any atom is 0.187 e. The minimum absolute atomic E-state index is 0.321. The monoisotopic (exact) mass is 510 g/mol. The fourth-order valence-corrected chi connectivity index (χ4v) is 4.48. The summed E-state index contributed by atoms with van der Waals surface area (Å²) in [5.74, 6) is 0. The van der Waals surface area contributed by atoms with E-state index in [0.29, 0.717) is 6.61 Å². The molecule has 0 bridgehead atoms. The molecule has 2 rings (SSSR count). The van der Waals surface area contributed by atoms with Gasteiger partial charge in [-0.15, -0.1) is 0 Å². The number of aliphatic hydroxyl groups excluding tert-OH is 7. The topological polar surface area (TPSA) is 179 Å². The standard InChI is InChI=1S/C24H46O11/c1-2-3-4-5-6-7-8-9-10-11-12-32-23-21(31)19(29)22(16(14-26)34-23)35-24-20(30)18(28)17(27)15(13-25)33-24/h15-31H,2-14H2,1H3/t15?,16?,17?,18?,19-,20?,21?,22?,23?,24?/m1/s1. The van der Waals surface area contributed by atoms with Gasteiger partial charge >= 0.3 is 0 Å². The number of unbranched alkanes of at least 4 members (excludes halogenated alkanes) is 9. The van der Waals surface area contributed by atoms with Gasteiger partial charge in [0.2, 0.25) is 0 Å². The summed E-state index contributed by atoms with van der Waals surface area (Å²) in [7, 11) is 0. The van der Waals surface area contributed by atoms with Crippen molar-refractivity contribution in [2.75, 3.05) is 19.8 Å². The summed E-state index contributed by atoms with van der Waals surface area (Å²) in [6.45, 7) is 1.31. The van der Waals surface area contributed by atoms with Gasteiger partial charge in [-0.1, -0.05) is 64.7 Å². The molecule has 35 heavy (non-hydrogen) atoms. The van der Waals surface area contributed by atoms with E-state index in [1.807, 2.05) is 0 Å². The van der Waals surface area contributed by atoms with Crippen molar-refractivity contribution in [2.24, 2.45) is 0 Å².